The molecule has 0 amide bonds. The van der Waals surface area contributed by atoms with Crippen LogP contribution in [0, 0.1) is 11.8 Å². The van der Waals surface area contributed by atoms with Crippen molar-refractivity contribution in [2.75, 3.05) is 13.2 Å². The topological polar surface area (TPSA) is 9.23 Å². The quantitative estimate of drug-likeness (QED) is 0.452. The zero-order chi connectivity index (χ0) is 17.7. The van der Waals surface area contributed by atoms with Crippen LogP contribution < -0.4 is 0 Å². The zero-order valence-electron chi connectivity index (χ0n) is 15.5. The van der Waals surface area contributed by atoms with Crippen LogP contribution in [-0.4, -0.2) is 13.2 Å². The predicted molar refractivity (Wildman–Crippen MR) is 109 cm³/mol. The van der Waals surface area contributed by atoms with Crippen molar-refractivity contribution in [3.8, 4) is 0 Å². The van der Waals surface area contributed by atoms with Crippen molar-refractivity contribution in [1.82, 2.24) is 0 Å². The Labute approximate surface area is 153 Å². The highest BCUT2D eigenvalue weighted by Crippen LogP contribution is 2.11. The Kier molecular flexibility index (Phi) is 8.79. The molecule has 0 N–H and O–H groups in total. The second-order valence-electron chi connectivity index (χ2n) is 6.68. The minimum atomic E-state index is 0.538. The first-order chi connectivity index (χ1) is 12.2. The van der Waals surface area contributed by atoms with Gasteiger partial charge in [0.15, 0.2) is 0 Å². The van der Waals surface area contributed by atoms with E-state index in [2.05, 4.69) is 86.7 Å². The molecule has 2 aromatic rings. The molecule has 0 aliphatic rings. The van der Waals surface area contributed by atoms with Crippen molar-refractivity contribution in [3.05, 3.63) is 83.9 Å². The lowest BCUT2D eigenvalue weighted by atomic mass is 10.1. The molecule has 0 spiro atoms. The molecule has 0 aliphatic carbocycles. The second kappa shape index (κ2) is 11.4. The van der Waals surface area contributed by atoms with Crippen LogP contribution in [0.3, 0.4) is 0 Å². The monoisotopic (exact) mass is 334 g/mol. The van der Waals surface area contributed by atoms with Crippen molar-refractivity contribution in [2.45, 2.75) is 26.7 Å². The zero-order valence-corrected chi connectivity index (χ0v) is 15.5. The summed E-state index contributed by atoms with van der Waals surface area (Å²) >= 11 is 0. The van der Waals surface area contributed by atoms with E-state index in [-0.39, 0.29) is 0 Å². The lowest BCUT2D eigenvalue weighted by Crippen LogP contribution is -2.04. The molecule has 2 aromatic carbocycles. The summed E-state index contributed by atoms with van der Waals surface area (Å²) in [7, 11) is 0. The van der Waals surface area contributed by atoms with Gasteiger partial charge < -0.3 is 4.74 Å². The van der Waals surface area contributed by atoms with Crippen molar-refractivity contribution < 1.29 is 4.74 Å². The molecule has 25 heavy (non-hydrogen) atoms. The molecule has 132 valence electrons. The van der Waals surface area contributed by atoms with Crippen LogP contribution in [0.25, 0.3) is 12.2 Å². The SMILES string of the molecule is CC(C=Cc1ccccc1)CCOCCC(C)C=Cc1ccccc1. The summed E-state index contributed by atoms with van der Waals surface area (Å²) in [5, 5.41) is 0. The van der Waals surface area contributed by atoms with Crippen molar-refractivity contribution >= 4 is 12.2 Å². The summed E-state index contributed by atoms with van der Waals surface area (Å²) in [6.45, 7) is 6.15. The molecule has 0 aliphatic heterocycles. The summed E-state index contributed by atoms with van der Waals surface area (Å²) < 4.78 is 5.81. The van der Waals surface area contributed by atoms with Gasteiger partial charge in [-0.2, -0.15) is 0 Å². The minimum absolute atomic E-state index is 0.538. The Morgan fingerprint density at radius 2 is 1.08 bits per heavy atom. The highest BCUT2D eigenvalue weighted by Gasteiger charge is 2.00. The van der Waals surface area contributed by atoms with Crippen molar-refractivity contribution in [3.63, 3.8) is 0 Å². The first kappa shape index (κ1) is 19.2. The second-order valence-corrected chi connectivity index (χ2v) is 6.68. The van der Waals surface area contributed by atoms with Gasteiger partial charge in [0.1, 0.15) is 0 Å². The van der Waals surface area contributed by atoms with Gasteiger partial charge in [-0.15, -0.1) is 0 Å². The fourth-order valence-electron chi connectivity index (χ4n) is 2.51. The van der Waals surface area contributed by atoms with Crippen molar-refractivity contribution in [2.24, 2.45) is 11.8 Å². The summed E-state index contributed by atoms with van der Waals surface area (Å²) in [5.41, 5.74) is 2.52. The molecule has 2 unspecified atom stereocenters. The molecule has 0 saturated heterocycles. The lowest BCUT2D eigenvalue weighted by Gasteiger charge is -2.09. The van der Waals surface area contributed by atoms with Gasteiger partial charge in [0.25, 0.3) is 0 Å². The molecular formula is C24H30O. The highest BCUT2D eigenvalue weighted by atomic mass is 16.5. The molecule has 0 radical (unpaired) electrons. The molecule has 0 saturated carbocycles. The molecule has 2 atom stereocenters. The maximum Gasteiger partial charge on any atom is 0.0471 e. The lowest BCUT2D eigenvalue weighted by molar-refractivity contribution is 0.118. The smallest absolute Gasteiger partial charge is 0.0471 e. The van der Waals surface area contributed by atoms with Crippen LogP contribution in [0.2, 0.25) is 0 Å². The highest BCUT2D eigenvalue weighted by molar-refractivity contribution is 5.49. The molecule has 1 nitrogen and oxygen atoms in total. The van der Waals surface area contributed by atoms with Crippen LogP contribution in [-0.2, 0) is 4.74 Å². The summed E-state index contributed by atoms with van der Waals surface area (Å²) in [4.78, 5) is 0. The Morgan fingerprint density at radius 3 is 1.48 bits per heavy atom. The normalized spacial score (nSPS) is 14.2. The van der Waals surface area contributed by atoms with E-state index >= 15 is 0 Å². The standard InChI is InChI=1S/C24H30O/c1-21(13-15-23-9-5-3-6-10-23)17-19-25-20-18-22(2)14-16-24-11-7-4-8-12-24/h3-16,21-22H,17-20H2,1-2H3. The summed E-state index contributed by atoms with van der Waals surface area (Å²) in [6.07, 6.45) is 11.1. The Hall–Kier alpha value is -2.12. The number of ether oxygens (including phenoxy) is 1. The average molecular weight is 335 g/mol. The van der Waals surface area contributed by atoms with Gasteiger partial charge in [0.05, 0.1) is 0 Å². The minimum Gasteiger partial charge on any atom is -0.381 e. The maximum atomic E-state index is 5.81. The van der Waals surface area contributed by atoms with E-state index in [0.717, 1.165) is 26.1 Å². The van der Waals surface area contributed by atoms with Gasteiger partial charge in [0.2, 0.25) is 0 Å². The Morgan fingerprint density at radius 1 is 0.680 bits per heavy atom. The summed E-state index contributed by atoms with van der Waals surface area (Å²) in [5.74, 6) is 1.08. The Balaban J connectivity index is 1.56. The van der Waals surface area contributed by atoms with Crippen molar-refractivity contribution in [1.29, 1.82) is 0 Å². The van der Waals surface area contributed by atoms with Crippen LogP contribution in [0.1, 0.15) is 37.8 Å². The molecule has 0 fully saturated rings. The van der Waals surface area contributed by atoms with Crippen LogP contribution in [0.5, 0.6) is 0 Å². The number of rotatable bonds is 10. The Bertz CT molecular complexity index is 570. The largest absolute Gasteiger partial charge is 0.381 e. The molecular weight excluding hydrogens is 304 g/mol. The fraction of sp³-hybridized carbons (Fsp3) is 0.333. The number of benzene rings is 2. The van der Waals surface area contributed by atoms with Crippen LogP contribution in [0.4, 0.5) is 0 Å². The van der Waals surface area contributed by atoms with Gasteiger partial charge in [-0.1, -0.05) is 98.8 Å². The van der Waals surface area contributed by atoms with Crippen LogP contribution in [0.15, 0.2) is 72.8 Å². The van der Waals surface area contributed by atoms with Crippen LogP contribution >= 0.6 is 0 Å². The molecule has 1 heteroatoms. The molecule has 2 rings (SSSR count). The van der Waals surface area contributed by atoms with E-state index in [9.17, 15) is 0 Å². The number of allylic oxidation sites excluding steroid dienone is 2. The first-order valence-corrected chi connectivity index (χ1v) is 9.28. The van der Waals surface area contributed by atoms with Gasteiger partial charge in [-0.3, -0.25) is 0 Å². The first-order valence-electron chi connectivity index (χ1n) is 9.28. The van der Waals surface area contributed by atoms with Gasteiger partial charge >= 0.3 is 0 Å². The van der Waals surface area contributed by atoms with E-state index < -0.39 is 0 Å². The van der Waals surface area contributed by atoms with E-state index in [1.807, 2.05) is 12.1 Å². The number of hydrogen-bond acceptors (Lipinski definition) is 1. The molecule has 0 bridgehead atoms. The third-order valence-corrected chi connectivity index (χ3v) is 4.27. The van der Waals surface area contributed by atoms with E-state index in [4.69, 9.17) is 4.74 Å². The van der Waals surface area contributed by atoms with Gasteiger partial charge in [-0.05, 0) is 35.8 Å². The molecule has 0 heterocycles. The van der Waals surface area contributed by atoms with E-state index in [0.29, 0.717) is 11.8 Å². The average Bonchev–Trinajstić information content (AvgIpc) is 2.66. The molecule has 0 aromatic heterocycles. The van der Waals surface area contributed by atoms with E-state index in [1.54, 1.807) is 0 Å². The number of hydrogen-bond donors (Lipinski definition) is 0. The predicted octanol–water partition coefficient (Wildman–Crippen LogP) is 6.48. The fourth-order valence-corrected chi connectivity index (χ4v) is 2.51. The third-order valence-electron chi connectivity index (χ3n) is 4.27. The third kappa shape index (κ3) is 8.51. The maximum absolute atomic E-state index is 5.81. The van der Waals surface area contributed by atoms with E-state index in [1.165, 1.54) is 11.1 Å². The van der Waals surface area contributed by atoms with Gasteiger partial charge in [-0.25, -0.2) is 0 Å². The van der Waals surface area contributed by atoms with Gasteiger partial charge in [0, 0.05) is 13.2 Å². The summed E-state index contributed by atoms with van der Waals surface area (Å²) in [6, 6.07) is 20.9.